The third kappa shape index (κ3) is 2.76. The van der Waals surface area contributed by atoms with Gasteiger partial charge in [0.1, 0.15) is 11.8 Å². The standard InChI is InChI=1S/C15H19NO4/c1-10(11-5-7-12(20-2)8-6-11)14(17)16-9-3-4-13(16)15(18)19/h5-8,10,13H,3-4,9H2,1-2H3,(H,18,19)/t10?,13-/m0/s1. The Kier molecular flexibility index (Phi) is 4.27. The second kappa shape index (κ2) is 5.94. The van der Waals surface area contributed by atoms with Gasteiger partial charge in [-0.2, -0.15) is 0 Å². The van der Waals surface area contributed by atoms with E-state index in [1.54, 1.807) is 26.2 Å². The zero-order valence-electron chi connectivity index (χ0n) is 11.7. The van der Waals surface area contributed by atoms with Crippen molar-refractivity contribution < 1.29 is 19.4 Å². The fourth-order valence-electron chi connectivity index (χ4n) is 2.57. The van der Waals surface area contributed by atoms with Crippen LogP contribution in [0, 0.1) is 0 Å². The number of amides is 1. The molecule has 1 aromatic carbocycles. The van der Waals surface area contributed by atoms with E-state index in [1.807, 2.05) is 12.1 Å². The first-order chi connectivity index (χ1) is 9.54. The normalized spacial score (nSPS) is 19.7. The molecular formula is C15H19NO4. The van der Waals surface area contributed by atoms with Crippen molar-refractivity contribution in [3.05, 3.63) is 29.8 Å². The summed E-state index contributed by atoms with van der Waals surface area (Å²) in [5.41, 5.74) is 0.867. The van der Waals surface area contributed by atoms with E-state index in [2.05, 4.69) is 0 Å². The number of aliphatic carboxylic acids is 1. The van der Waals surface area contributed by atoms with Gasteiger partial charge >= 0.3 is 5.97 Å². The molecule has 1 amide bonds. The van der Waals surface area contributed by atoms with Crippen molar-refractivity contribution in [2.24, 2.45) is 0 Å². The lowest BCUT2D eigenvalue weighted by Crippen LogP contribution is -2.42. The van der Waals surface area contributed by atoms with Crippen molar-refractivity contribution in [1.29, 1.82) is 0 Å². The molecular weight excluding hydrogens is 258 g/mol. The summed E-state index contributed by atoms with van der Waals surface area (Å²) in [5.74, 6) is -0.656. The number of ether oxygens (including phenoxy) is 1. The number of benzene rings is 1. The first-order valence-corrected chi connectivity index (χ1v) is 6.72. The number of hydrogen-bond donors (Lipinski definition) is 1. The molecule has 1 aliphatic heterocycles. The van der Waals surface area contributed by atoms with Crippen LogP contribution in [-0.4, -0.2) is 41.6 Å². The zero-order chi connectivity index (χ0) is 14.7. The van der Waals surface area contributed by atoms with Crippen LogP contribution in [0.15, 0.2) is 24.3 Å². The first kappa shape index (κ1) is 14.4. The zero-order valence-corrected chi connectivity index (χ0v) is 11.7. The largest absolute Gasteiger partial charge is 0.497 e. The number of hydrogen-bond acceptors (Lipinski definition) is 3. The summed E-state index contributed by atoms with van der Waals surface area (Å²) in [6, 6.07) is 6.61. The third-order valence-corrected chi connectivity index (χ3v) is 3.81. The maximum Gasteiger partial charge on any atom is 0.326 e. The Morgan fingerprint density at radius 2 is 2.00 bits per heavy atom. The molecule has 1 saturated heterocycles. The number of carboxylic acids is 1. The number of likely N-dealkylation sites (tertiary alicyclic amines) is 1. The van der Waals surface area contributed by atoms with E-state index in [4.69, 9.17) is 9.84 Å². The van der Waals surface area contributed by atoms with Crippen LogP contribution in [0.1, 0.15) is 31.2 Å². The van der Waals surface area contributed by atoms with Crippen LogP contribution in [0.25, 0.3) is 0 Å². The monoisotopic (exact) mass is 277 g/mol. The van der Waals surface area contributed by atoms with E-state index < -0.39 is 12.0 Å². The minimum Gasteiger partial charge on any atom is -0.497 e. The van der Waals surface area contributed by atoms with Crippen molar-refractivity contribution >= 4 is 11.9 Å². The molecule has 2 atom stereocenters. The fraction of sp³-hybridized carbons (Fsp3) is 0.467. The minimum atomic E-state index is -0.919. The molecule has 108 valence electrons. The lowest BCUT2D eigenvalue weighted by Gasteiger charge is -2.25. The molecule has 0 aromatic heterocycles. The average molecular weight is 277 g/mol. The van der Waals surface area contributed by atoms with E-state index in [9.17, 15) is 9.59 Å². The lowest BCUT2D eigenvalue weighted by molar-refractivity contribution is -0.148. The smallest absolute Gasteiger partial charge is 0.326 e. The van der Waals surface area contributed by atoms with Gasteiger partial charge in [0.25, 0.3) is 0 Å². The SMILES string of the molecule is COc1ccc(C(C)C(=O)N2CCC[C@H]2C(=O)O)cc1. The van der Waals surface area contributed by atoms with E-state index >= 15 is 0 Å². The van der Waals surface area contributed by atoms with Gasteiger partial charge in [0.05, 0.1) is 13.0 Å². The van der Waals surface area contributed by atoms with Crippen LogP contribution in [-0.2, 0) is 9.59 Å². The van der Waals surface area contributed by atoms with Crippen LogP contribution in [0.3, 0.4) is 0 Å². The Balaban J connectivity index is 2.13. The van der Waals surface area contributed by atoms with Gasteiger partial charge in [0, 0.05) is 6.54 Å². The van der Waals surface area contributed by atoms with Crippen molar-refractivity contribution in [3.8, 4) is 5.75 Å². The Bertz CT molecular complexity index is 497. The molecule has 5 heteroatoms. The van der Waals surface area contributed by atoms with Crippen LogP contribution < -0.4 is 4.74 Å². The molecule has 0 radical (unpaired) electrons. The van der Waals surface area contributed by atoms with E-state index in [1.165, 1.54) is 4.90 Å². The van der Waals surface area contributed by atoms with Gasteiger partial charge in [0.2, 0.25) is 5.91 Å². The van der Waals surface area contributed by atoms with Gasteiger partial charge in [-0.3, -0.25) is 4.79 Å². The lowest BCUT2D eigenvalue weighted by atomic mass is 9.99. The molecule has 20 heavy (non-hydrogen) atoms. The van der Waals surface area contributed by atoms with E-state index in [0.29, 0.717) is 13.0 Å². The number of methoxy groups -OCH3 is 1. The highest BCUT2D eigenvalue weighted by Gasteiger charge is 2.36. The summed E-state index contributed by atoms with van der Waals surface area (Å²) >= 11 is 0. The summed E-state index contributed by atoms with van der Waals surface area (Å²) < 4.78 is 5.08. The molecule has 1 unspecified atom stereocenters. The second-order valence-electron chi connectivity index (χ2n) is 5.02. The van der Waals surface area contributed by atoms with Gasteiger partial charge in [-0.1, -0.05) is 12.1 Å². The predicted octanol–water partition coefficient (Wildman–Crippen LogP) is 1.87. The van der Waals surface area contributed by atoms with Crippen LogP contribution in [0.2, 0.25) is 0 Å². The molecule has 1 heterocycles. The molecule has 1 aromatic rings. The highest BCUT2D eigenvalue weighted by molar-refractivity contribution is 5.88. The molecule has 0 spiro atoms. The summed E-state index contributed by atoms with van der Waals surface area (Å²) in [7, 11) is 1.59. The number of carbonyl (C=O) groups is 2. The maximum atomic E-state index is 12.4. The van der Waals surface area contributed by atoms with Crippen molar-refractivity contribution in [3.63, 3.8) is 0 Å². The van der Waals surface area contributed by atoms with E-state index in [0.717, 1.165) is 17.7 Å². The maximum absolute atomic E-state index is 12.4. The van der Waals surface area contributed by atoms with Crippen molar-refractivity contribution in [2.75, 3.05) is 13.7 Å². The topological polar surface area (TPSA) is 66.8 Å². The van der Waals surface area contributed by atoms with Crippen molar-refractivity contribution in [2.45, 2.75) is 31.7 Å². The minimum absolute atomic E-state index is 0.125. The summed E-state index contributed by atoms with van der Waals surface area (Å²) in [5, 5.41) is 9.14. The molecule has 1 fully saturated rings. The van der Waals surface area contributed by atoms with Gasteiger partial charge in [-0.15, -0.1) is 0 Å². The molecule has 0 bridgehead atoms. The highest BCUT2D eigenvalue weighted by atomic mass is 16.5. The summed E-state index contributed by atoms with van der Waals surface area (Å²) in [4.78, 5) is 25.1. The Morgan fingerprint density at radius 1 is 1.35 bits per heavy atom. The highest BCUT2D eigenvalue weighted by Crippen LogP contribution is 2.26. The number of carboxylic acid groups (broad SMARTS) is 1. The average Bonchev–Trinajstić information content (AvgIpc) is 2.95. The van der Waals surface area contributed by atoms with Gasteiger partial charge in [0.15, 0.2) is 0 Å². The molecule has 1 aliphatic rings. The Labute approximate surface area is 118 Å². The first-order valence-electron chi connectivity index (χ1n) is 6.72. The molecule has 0 aliphatic carbocycles. The number of carbonyl (C=O) groups excluding carboxylic acids is 1. The van der Waals surface area contributed by atoms with E-state index in [-0.39, 0.29) is 11.8 Å². The number of nitrogens with zero attached hydrogens (tertiary/aromatic N) is 1. The molecule has 2 rings (SSSR count). The predicted molar refractivity (Wildman–Crippen MR) is 73.8 cm³/mol. The molecule has 5 nitrogen and oxygen atoms in total. The van der Waals surface area contributed by atoms with Crippen LogP contribution in [0.5, 0.6) is 5.75 Å². The van der Waals surface area contributed by atoms with Crippen molar-refractivity contribution in [1.82, 2.24) is 4.90 Å². The molecule has 1 N–H and O–H groups in total. The summed E-state index contributed by atoms with van der Waals surface area (Å²) in [6.07, 6.45) is 1.29. The Morgan fingerprint density at radius 3 is 2.55 bits per heavy atom. The van der Waals surface area contributed by atoms with Gasteiger partial charge in [-0.25, -0.2) is 4.79 Å². The second-order valence-corrected chi connectivity index (χ2v) is 5.02. The van der Waals surface area contributed by atoms with Crippen LogP contribution in [0.4, 0.5) is 0 Å². The third-order valence-electron chi connectivity index (χ3n) is 3.81. The van der Waals surface area contributed by atoms with Crippen LogP contribution >= 0.6 is 0 Å². The van der Waals surface area contributed by atoms with Gasteiger partial charge in [-0.05, 0) is 37.5 Å². The summed E-state index contributed by atoms with van der Waals surface area (Å²) in [6.45, 7) is 2.33. The Hall–Kier alpha value is -2.04. The quantitative estimate of drug-likeness (QED) is 0.912. The molecule has 0 saturated carbocycles. The fourth-order valence-corrected chi connectivity index (χ4v) is 2.57. The number of rotatable bonds is 4. The van der Waals surface area contributed by atoms with Gasteiger partial charge < -0.3 is 14.7 Å².